The van der Waals surface area contributed by atoms with Crippen molar-refractivity contribution >= 4 is 11.4 Å². The number of nitrogen functional groups attached to an aromatic ring is 1. The predicted octanol–water partition coefficient (Wildman–Crippen LogP) is 3.39. The van der Waals surface area contributed by atoms with Crippen LogP contribution in [-0.4, -0.2) is 17.7 Å². The Kier molecular flexibility index (Phi) is 4.79. The van der Waals surface area contributed by atoms with Crippen LogP contribution in [0.1, 0.15) is 32.1 Å². The summed E-state index contributed by atoms with van der Waals surface area (Å²) in [5, 5.41) is 2.96. The molecule has 3 rings (SSSR count). The van der Waals surface area contributed by atoms with E-state index in [1.54, 1.807) is 18.7 Å². The zero-order chi connectivity index (χ0) is 17.1. The molecule has 0 amide bonds. The van der Waals surface area contributed by atoms with Crippen molar-refractivity contribution in [3.8, 4) is 16.9 Å². The predicted molar refractivity (Wildman–Crippen MR) is 98.6 cm³/mol. The molecule has 5 heteroatoms. The third-order valence-electron chi connectivity index (χ3n) is 4.61. The van der Waals surface area contributed by atoms with Gasteiger partial charge in [0, 0.05) is 37.1 Å². The molecule has 1 aliphatic rings. The molecule has 1 aromatic carbocycles. The van der Waals surface area contributed by atoms with Gasteiger partial charge in [0.15, 0.2) is 0 Å². The summed E-state index contributed by atoms with van der Waals surface area (Å²) in [5.74, 6) is 0.830. The Bertz CT molecular complexity index is 777. The summed E-state index contributed by atoms with van der Waals surface area (Å²) in [7, 11) is 3.50. The first-order valence-electron chi connectivity index (χ1n) is 8.53. The van der Waals surface area contributed by atoms with E-state index in [1.807, 2.05) is 30.5 Å². The van der Waals surface area contributed by atoms with Gasteiger partial charge in [-0.3, -0.25) is 4.79 Å². The van der Waals surface area contributed by atoms with Crippen molar-refractivity contribution in [3.05, 3.63) is 40.8 Å². The van der Waals surface area contributed by atoms with Crippen molar-refractivity contribution in [2.75, 3.05) is 18.1 Å². The molecule has 24 heavy (non-hydrogen) atoms. The summed E-state index contributed by atoms with van der Waals surface area (Å²) in [6, 6.07) is 7.56. The van der Waals surface area contributed by atoms with Gasteiger partial charge in [-0.1, -0.05) is 6.42 Å². The first-order valence-corrected chi connectivity index (χ1v) is 8.53. The van der Waals surface area contributed by atoms with Crippen molar-refractivity contribution in [1.29, 1.82) is 0 Å². The van der Waals surface area contributed by atoms with Crippen LogP contribution < -0.4 is 21.3 Å². The van der Waals surface area contributed by atoms with E-state index in [2.05, 4.69) is 5.32 Å². The highest BCUT2D eigenvalue weighted by atomic mass is 16.5. The van der Waals surface area contributed by atoms with Crippen LogP contribution in [0.4, 0.5) is 11.4 Å². The lowest BCUT2D eigenvalue weighted by molar-refractivity contribution is 0.156. The molecule has 128 valence electrons. The first kappa shape index (κ1) is 16.4. The monoisotopic (exact) mass is 327 g/mol. The van der Waals surface area contributed by atoms with E-state index in [0.717, 1.165) is 29.7 Å². The van der Waals surface area contributed by atoms with Crippen molar-refractivity contribution in [3.63, 3.8) is 0 Å². The van der Waals surface area contributed by atoms with Gasteiger partial charge in [0.25, 0.3) is 5.56 Å². The van der Waals surface area contributed by atoms with Gasteiger partial charge in [-0.15, -0.1) is 0 Å². The maximum atomic E-state index is 12.1. The van der Waals surface area contributed by atoms with Gasteiger partial charge in [0.2, 0.25) is 0 Å². The molecule has 0 spiro atoms. The summed E-state index contributed by atoms with van der Waals surface area (Å²) in [4.78, 5) is 12.1. The molecule has 2 aromatic rings. The minimum atomic E-state index is -0.0556. The molecule has 0 radical (unpaired) electrons. The molecule has 1 aliphatic carbocycles. The molecular weight excluding hydrogens is 302 g/mol. The molecular formula is C19H25N3O2. The zero-order valence-corrected chi connectivity index (χ0v) is 14.3. The number of anilines is 2. The number of nitrogens with zero attached hydrogens (tertiary/aromatic N) is 1. The molecule has 1 saturated carbocycles. The normalized spacial score (nSPS) is 15.2. The minimum absolute atomic E-state index is 0.0556. The van der Waals surface area contributed by atoms with E-state index < -0.39 is 0 Å². The molecule has 1 heterocycles. The number of nitrogens with one attached hydrogen (secondary N) is 1. The van der Waals surface area contributed by atoms with Crippen LogP contribution >= 0.6 is 0 Å². The van der Waals surface area contributed by atoms with Crippen LogP contribution in [-0.2, 0) is 7.05 Å². The smallest absolute Gasteiger partial charge is 0.273 e. The molecule has 0 saturated heterocycles. The lowest BCUT2D eigenvalue weighted by Crippen LogP contribution is -2.21. The molecule has 0 atom stereocenters. The number of hydrogen-bond donors (Lipinski definition) is 2. The maximum absolute atomic E-state index is 12.1. The average molecular weight is 327 g/mol. The largest absolute Gasteiger partial charge is 0.490 e. The quantitative estimate of drug-likeness (QED) is 0.845. The fourth-order valence-electron chi connectivity index (χ4n) is 3.28. The highest BCUT2D eigenvalue weighted by molar-refractivity contribution is 5.75. The van der Waals surface area contributed by atoms with E-state index in [0.29, 0.717) is 11.4 Å². The molecule has 5 nitrogen and oxygen atoms in total. The Balaban J connectivity index is 2.01. The summed E-state index contributed by atoms with van der Waals surface area (Å²) in [6.45, 7) is 0. The Morgan fingerprint density at radius 3 is 2.67 bits per heavy atom. The van der Waals surface area contributed by atoms with Gasteiger partial charge in [-0.2, -0.15) is 0 Å². The van der Waals surface area contributed by atoms with Crippen LogP contribution in [0.15, 0.2) is 35.3 Å². The van der Waals surface area contributed by atoms with Crippen LogP contribution in [0.3, 0.4) is 0 Å². The molecule has 0 bridgehead atoms. The van der Waals surface area contributed by atoms with Crippen molar-refractivity contribution in [2.24, 2.45) is 7.05 Å². The number of ether oxygens (including phenoxy) is 1. The Morgan fingerprint density at radius 1 is 1.21 bits per heavy atom. The van der Waals surface area contributed by atoms with E-state index in [1.165, 1.54) is 19.3 Å². The zero-order valence-electron chi connectivity index (χ0n) is 14.3. The van der Waals surface area contributed by atoms with Crippen LogP contribution in [0.2, 0.25) is 0 Å². The molecule has 0 unspecified atom stereocenters. The van der Waals surface area contributed by atoms with Crippen LogP contribution in [0, 0.1) is 0 Å². The minimum Gasteiger partial charge on any atom is -0.490 e. The van der Waals surface area contributed by atoms with Crippen molar-refractivity contribution in [2.45, 2.75) is 38.2 Å². The summed E-state index contributed by atoms with van der Waals surface area (Å²) >= 11 is 0. The van der Waals surface area contributed by atoms with Crippen LogP contribution in [0.25, 0.3) is 11.1 Å². The number of rotatable bonds is 4. The topological polar surface area (TPSA) is 69.3 Å². The Hall–Kier alpha value is -2.43. The lowest BCUT2D eigenvalue weighted by Gasteiger charge is -2.24. The highest BCUT2D eigenvalue weighted by Crippen LogP contribution is 2.34. The Labute approximate surface area is 142 Å². The number of benzene rings is 1. The molecule has 0 aliphatic heterocycles. The van der Waals surface area contributed by atoms with E-state index >= 15 is 0 Å². The number of aryl methyl sites for hydroxylation is 1. The van der Waals surface area contributed by atoms with Gasteiger partial charge >= 0.3 is 0 Å². The second kappa shape index (κ2) is 6.99. The number of pyridine rings is 1. The number of aromatic nitrogens is 1. The molecule has 1 aromatic heterocycles. The molecule has 3 N–H and O–H groups in total. The van der Waals surface area contributed by atoms with E-state index in [4.69, 9.17) is 10.5 Å². The lowest BCUT2D eigenvalue weighted by atomic mass is 9.97. The maximum Gasteiger partial charge on any atom is 0.273 e. The second-order valence-electron chi connectivity index (χ2n) is 6.44. The summed E-state index contributed by atoms with van der Waals surface area (Å²) in [5.41, 5.74) is 9.02. The van der Waals surface area contributed by atoms with Crippen LogP contribution in [0.5, 0.6) is 5.75 Å². The number of nitrogens with two attached hydrogens (primary N) is 1. The third kappa shape index (κ3) is 3.40. The molecule has 1 fully saturated rings. The third-order valence-corrected chi connectivity index (χ3v) is 4.61. The SMILES string of the molecule is CNc1cc(-c2cc(N)ccc2OC2CCCCC2)cn(C)c1=O. The Morgan fingerprint density at radius 2 is 1.96 bits per heavy atom. The first-order chi connectivity index (χ1) is 11.6. The van der Waals surface area contributed by atoms with Gasteiger partial charge in [-0.25, -0.2) is 0 Å². The second-order valence-corrected chi connectivity index (χ2v) is 6.44. The average Bonchev–Trinajstić information content (AvgIpc) is 2.59. The van der Waals surface area contributed by atoms with Crippen molar-refractivity contribution in [1.82, 2.24) is 4.57 Å². The van der Waals surface area contributed by atoms with Crippen molar-refractivity contribution < 1.29 is 4.74 Å². The highest BCUT2D eigenvalue weighted by Gasteiger charge is 2.18. The van der Waals surface area contributed by atoms with Gasteiger partial charge in [0.1, 0.15) is 11.4 Å². The summed E-state index contributed by atoms with van der Waals surface area (Å²) in [6.07, 6.45) is 8.01. The van der Waals surface area contributed by atoms with E-state index in [-0.39, 0.29) is 11.7 Å². The van der Waals surface area contributed by atoms with Gasteiger partial charge in [-0.05, 0) is 49.9 Å². The fraction of sp³-hybridized carbons (Fsp3) is 0.421. The summed E-state index contributed by atoms with van der Waals surface area (Å²) < 4.78 is 7.85. The van der Waals surface area contributed by atoms with E-state index in [9.17, 15) is 4.79 Å². The van der Waals surface area contributed by atoms with Gasteiger partial charge in [0.05, 0.1) is 6.10 Å². The standard InChI is InChI=1S/C19H25N3O2/c1-21-17-10-13(12-22(2)19(17)23)16-11-14(20)8-9-18(16)24-15-6-4-3-5-7-15/h8-12,15,21H,3-7,20H2,1-2H3. The fourth-order valence-corrected chi connectivity index (χ4v) is 3.28. The van der Waals surface area contributed by atoms with Gasteiger partial charge < -0.3 is 20.4 Å². The number of hydrogen-bond acceptors (Lipinski definition) is 4.